The van der Waals surface area contributed by atoms with Gasteiger partial charge in [0.15, 0.2) is 11.6 Å². The lowest BCUT2D eigenvalue weighted by molar-refractivity contribution is -0.0285. The van der Waals surface area contributed by atoms with Crippen molar-refractivity contribution in [3.63, 3.8) is 0 Å². The molecular weight excluding hydrogens is 867 g/mol. The molecule has 3 saturated heterocycles. The van der Waals surface area contributed by atoms with Gasteiger partial charge in [-0.2, -0.15) is 46.5 Å². The van der Waals surface area contributed by atoms with Gasteiger partial charge in [0.1, 0.15) is 23.1 Å². The average Bonchev–Trinajstić information content (AvgIpc) is 3.64. The Hall–Kier alpha value is -3.73. The highest BCUT2D eigenvalue weighted by molar-refractivity contribution is 7.90. The molecule has 0 bridgehead atoms. The van der Waals surface area contributed by atoms with Crippen molar-refractivity contribution in [2.24, 2.45) is 0 Å². The standard InChI is InChI=1S/C13H15NO3S2.C12H14N2O3S2.C11H14N4O3S2/c1-2-3-8-17-11-4-6-13(7-5-11)19(15,16)14-9-12(18)10-14;1-2-3-6-17-12-5-4-11(7-13-12)19(15,16)14-8-10(18)9-14;1-2-3-4-12-10-5-14-11(6-13-10)20(16,17)15-7-9(19)8-18-15/h4-7,12,18H,8-10H2,1H3;4-5,7,10,18H,6,8-9H2,1H3;5-6,9,19H,4,7-8H2,1H3,(H,12,13). The Morgan fingerprint density at radius 1 is 0.672 bits per heavy atom. The van der Waals surface area contributed by atoms with Crippen molar-refractivity contribution in [1.29, 1.82) is 0 Å². The van der Waals surface area contributed by atoms with Gasteiger partial charge < -0.3 is 14.8 Å². The number of benzene rings is 1. The molecule has 22 heteroatoms. The number of hydrogen-bond acceptors (Lipinski definition) is 16. The number of rotatable bonds is 12. The van der Waals surface area contributed by atoms with Gasteiger partial charge in [-0.15, -0.1) is 17.8 Å². The fraction of sp³-hybridized carbons (Fsp3) is 0.417. The van der Waals surface area contributed by atoms with Crippen LogP contribution in [0.3, 0.4) is 0 Å². The van der Waals surface area contributed by atoms with E-state index in [2.05, 4.69) is 93.7 Å². The number of nitrogens with one attached hydrogen (secondary N) is 1. The summed E-state index contributed by atoms with van der Waals surface area (Å²) in [6.45, 7) is 8.41. The Balaban J connectivity index is 0.000000193. The molecule has 3 aliphatic rings. The van der Waals surface area contributed by atoms with Crippen LogP contribution in [0.1, 0.15) is 20.8 Å². The van der Waals surface area contributed by atoms with Gasteiger partial charge in [-0.3, -0.25) is 4.84 Å². The molecule has 3 aliphatic heterocycles. The number of pyridine rings is 1. The topological polar surface area (TPSA) is 191 Å². The van der Waals surface area contributed by atoms with Crippen molar-refractivity contribution >= 4 is 73.8 Å². The number of hydroxylamine groups is 1. The predicted molar refractivity (Wildman–Crippen MR) is 228 cm³/mol. The first-order chi connectivity index (χ1) is 27.6. The highest BCUT2D eigenvalue weighted by Crippen LogP contribution is 2.26. The number of hydrogen-bond donors (Lipinski definition) is 4. The van der Waals surface area contributed by atoms with Gasteiger partial charge >= 0.3 is 0 Å². The van der Waals surface area contributed by atoms with E-state index in [1.54, 1.807) is 45.0 Å². The van der Waals surface area contributed by atoms with E-state index in [9.17, 15) is 25.3 Å². The maximum atomic E-state index is 12.2. The van der Waals surface area contributed by atoms with Crippen molar-refractivity contribution in [2.45, 2.75) is 51.3 Å². The third-order valence-corrected chi connectivity index (χ3v) is 14.0. The second-order valence-corrected chi connectivity index (χ2v) is 20.0. The zero-order valence-electron chi connectivity index (χ0n) is 31.7. The van der Waals surface area contributed by atoms with Gasteiger partial charge in [-0.1, -0.05) is 22.2 Å². The number of nitrogens with zero attached hydrogens (tertiary/aromatic N) is 6. The van der Waals surface area contributed by atoms with Gasteiger partial charge in [-0.05, 0) is 51.1 Å². The third kappa shape index (κ3) is 13.1. The van der Waals surface area contributed by atoms with Crippen LogP contribution in [0, 0.1) is 35.5 Å². The first-order valence-electron chi connectivity index (χ1n) is 17.4. The van der Waals surface area contributed by atoms with E-state index >= 15 is 0 Å². The summed E-state index contributed by atoms with van der Waals surface area (Å²) in [5.74, 6) is 17.9. The minimum atomic E-state index is -3.78. The molecule has 1 unspecified atom stereocenters. The summed E-state index contributed by atoms with van der Waals surface area (Å²) in [5, 5.41) is 2.88. The van der Waals surface area contributed by atoms with Crippen molar-refractivity contribution in [3.05, 3.63) is 55.0 Å². The van der Waals surface area contributed by atoms with E-state index in [-0.39, 0.29) is 50.3 Å². The maximum Gasteiger partial charge on any atom is 0.284 e. The summed E-state index contributed by atoms with van der Waals surface area (Å²) in [4.78, 5) is 17.3. The summed E-state index contributed by atoms with van der Waals surface area (Å²) in [6, 6.07) is 9.40. The molecule has 0 radical (unpaired) electrons. The molecule has 312 valence electrons. The van der Waals surface area contributed by atoms with Gasteiger partial charge in [0.2, 0.25) is 25.9 Å². The Kier molecular flexibility index (Phi) is 17.8. The van der Waals surface area contributed by atoms with Crippen LogP contribution in [-0.2, 0) is 34.9 Å². The van der Waals surface area contributed by atoms with Gasteiger partial charge in [-0.25, -0.2) is 40.2 Å². The molecule has 0 aliphatic carbocycles. The molecule has 58 heavy (non-hydrogen) atoms. The van der Waals surface area contributed by atoms with Crippen LogP contribution < -0.4 is 14.8 Å². The van der Waals surface area contributed by atoms with E-state index in [0.717, 1.165) is 4.47 Å². The number of aromatic nitrogens is 3. The molecule has 2 aromatic heterocycles. The van der Waals surface area contributed by atoms with Gasteiger partial charge in [0.25, 0.3) is 10.0 Å². The van der Waals surface area contributed by atoms with Crippen molar-refractivity contribution < 1.29 is 39.6 Å². The fourth-order valence-corrected chi connectivity index (χ4v) is 10.4. The molecule has 0 amide bonds. The maximum absolute atomic E-state index is 12.2. The Morgan fingerprint density at radius 3 is 1.72 bits per heavy atom. The molecule has 5 heterocycles. The van der Waals surface area contributed by atoms with E-state index < -0.39 is 30.1 Å². The highest BCUT2D eigenvalue weighted by Gasteiger charge is 2.36. The lowest BCUT2D eigenvalue weighted by Crippen LogP contribution is -2.50. The van der Waals surface area contributed by atoms with Crippen molar-refractivity contribution in [1.82, 2.24) is 28.0 Å². The fourth-order valence-electron chi connectivity index (χ4n) is 4.69. The van der Waals surface area contributed by atoms with Crippen molar-refractivity contribution in [3.8, 4) is 47.2 Å². The van der Waals surface area contributed by atoms with E-state index in [0.29, 0.717) is 56.8 Å². The van der Waals surface area contributed by atoms with Crippen LogP contribution in [0.15, 0.2) is 69.8 Å². The normalized spacial score (nSPS) is 17.4. The quantitative estimate of drug-likeness (QED) is 0.153. The number of sulfonamides is 3. The van der Waals surface area contributed by atoms with Crippen LogP contribution in [0.2, 0.25) is 0 Å². The summed E-state index contributed by atoms with van der Waals surface area (Å²) >= 11 is 12.6. The second-order valence-electron chi connectivity index (χ2n) is 12.1. The van der Waals surface area contributed by atoms with Crippen LogP contribution in [-0.4, -0.2) is 128 Å². The first kappa shape index (κ1) is 47.0. The first-order valence-corrected chi connectivity index (χ1v) is 23.2. The van der Waals surface area contributed by atoms with Crippen LogP contribution in [0.4, 0.5) is 5.82 Å². The Bertz CT molecular complexity index is 2230. The van der Waals surface area contributed by atoms with E-state index in [1.165, 1.54) is 39.3 Å². The molecule has 1 aromatic carbocycles. The SMILES string of the molecule is CC#CCNc1cnc(S(=O)(=O)N2CC(S)CO2)cn1.CC#CCOc1ccc(S(=O)(=O)N2CC(S)C2)cc1.CC#CCOc1ccc(S(=O)(=O)N2CC(S)C2)cn1. The predicted octanol–water partition coefficient (Wildman–Crippen LogP) is 2.32. The monoisotopic (exact) mass is 909 g/mol. The summed E-state index contributed by atoms with van der Waals surface area (Å²) in [7, 11) is -10.6. The molecule has 16 nitrogen and oxygen atoms in total. The van der Waals surface area contributed by atoms with Crippen LogP contribution in [0.5, 0.6) is 11.6 Å². The number of thiol groups is 3. The third-order valence-electron chi connectivity index (χ3n) is 7.89. The summed E-state index contributed by atoms with van der Waals surface area (Å²) in [5.41, 5.74) is 0. The summed E-state index contributed by atoms with van der Waals surface area (Å²) < 4.78 is 87.2. The lowest BCUT2D eigenvalue weighted by Gasteiger charge is -2.35. The number of ether oxygens (including phenoxy) is 2. The molecule has 1 N–H and O–H groups in total. The Morgan fingerprint density at radius 2 is 1.24 bits per heavy atom. The van der Waals surface area contributed by atoms with Gasteiger partial charge in [0, 0.05) is 48.0 Å². The molecule has 3 aromatic rings. The highest BCUT2D eigenvalue weighted by atomic mass is 32.2. The zero-order valence-corrected chi connectivity index (χ0v) is 36.8. The minimum Gasteiger partial charge on any atom is -0.481 e. The summed E-state index contributed by atoms with van der Waals surface area (Å²) in [6.07, 6.45) is 3.83. The van der Waals surface area contributed by atoms with E-state index in [4.69, 9.17) is 14.3 Å². The molecule has 0 spiro atoms. The lowest BCUT2D eigenvalue weighted by atomic mass is 10.3. The number of anilines is 1. The second kappa shape index (κ2) is 22.0. The van der Waals surface area contributed by atoms with Gasteiger partial charge in [0.05, 0.1) is 43.2 Å². The smallest absolute Gasteiger partial charge is 0.284 e. The minimum absolute atomic E-state index is 0.123. The zero-order chi connectivity index (χ0) is 42.3. The average molecular weight is 910 g/mol. The Labute approximate surface area is 357 Å². The molecule has 3 fully saturated rings. The van der Waals surface area contributed by atoms with Crippen LogP contribution >= 0.6 is 37.9 Å². The largest absolute Gasteiger partial charge is 0.481 e. The molecule has 6 rings (SSSR count). The van der Waals surface area contributed by atoms with Crippen molar-refractivity contribution in [2.75, 3.05) is 64.4 Å². The van der Waals surface area contributed by atoms with E-state index in [1.807, 2.05) is 0 Å². The van der Waals surface area contributed by atoms with Crippen LogP contribution in [0.25, 0.3) is 0 Å². The molecular formula is C36H43N7O9S6. The molecule has 1 atom stereocenters. The molecule has 0 saturated carbocycles.